The molecule has 1 atom stereocenters. The van der Waals surface area contributed by atoms with Crippen molar-refractivity contribution < 1.29 is 11.6 Å². The average molecular weight is 259 g/mol. The Balaban J connectivity index is 1.88. The molecule has 0 N–H and O–H groups in total. The first-order valence-corrected chi connectivity index (χ1v) is 6.40. The van der Waals surface area contributed by atoms with Crippen LogP contribution in [0.15, 0.2) is 24.4 Å². The minimum atomic E-state index is -2.77. The van der Waals surface area contributed by atoms with E-state index in [1.54, 1.807) is 18.3 Å². The molecule has 1 fully saturated rings. The second kappa shape index (κ2) is 5.46. The highest BCUT2D eigenvalue weighted by atomic mass is 16.5. The monoisotopic (exact) mass is 259 g/mol. The topological polar surface area (TPSA) is 27.1 Å². The fraction of sp³-hybridized carbons (Fsp3) is 0.438. The van der Waals surface area contributed by atoms with Crippen molar-refractivity contribution in [1.29, 1.82) is 0 Å². The van der Waals surface area contributed by atoms with Gasteiger partial charge in [0.05, 0.1) is 11.7 Å². The van der Waals surface area contributed by atoms with Crippen molar-refractivity contribution in [3.63, 3.8) is 0 Å². The number of aromatic nitrogens is 2. The Bertz CT molecular complexity index is 794. The molecule has 0 spiro atoms. The van der Waals surface area contributed by atoms with Gasteiger partial charge in [0, 0.05) is 30.8 Å². The van der Waals surface area contributed by atoms with E-state index in [1.807, 2.05) is 10.7 Å². The fourth-order valence-electron chi connectivity index (χ4n) is 2.38. The standard InChI is InChI=1S/C16H18N2O/c1-2-3-6-13-8-9-15-14(11-13)12-17-18(15)16-7-4-5-10-19-16/h8-9,11-12,16H,2,4-5,7,10H2,1H3/i1D3,2D2. The van der Waals surface area contributed by atoms with Crippen LogP contribution in [0.4, 0.5) is 0 Å². The summed E-state index contributed by atoms with van der Waals surface area (Å²) < 4.78 is 44.2. The zero-order chi connectivity index (χ0) is 17.4. The summed E-state index contributed by atoms with van der Waals surface area (Å²) in [7, 11) is 0. The quantitative estimate of drug-likeness (QED) is 0.733. The van der Waals surface area contributed by atoms with E-state index in [9.17, 15) is 0 Å². The minimum absolute atomic E-state index is 0.0575. The van der Waals surface area contributed by atoms with Gasteiger partial charge in [-0.15, -0.1) is 0 Å². The first-order chi connectivity index (χ1) is 11.3. The summed E-state index contributed by atoms with van der Waals surface area (Å²) in [6, 6.07) is 5.38. The number of rotatable bonds is 1. The van der Waals surface area contributed by atoms with Crippen molar-refractivity contribution in [2.75, 3.05) is 6.61 Å². The molecule has 1 aliphatic heterocycles. The summed E-state index contributed by atoms with van der Waals surface area (Å²) in [6.07, 6.45) is 2.23. The average Bonchev–Trinajstić information content (AvgIpc) is 2.96. The molecule has 1 saturated heterocycles. The molecule has 0 aliphatic carbocycles. The maximum absolute atomic E-state index is 7.53. The Kier molecular flexibility index (Phi) is 2.22. The highest BCUT2D eigenvalue weighted by Crippen LogP contribution is 2.26. The molecule has 0 radical (unpaired) electrons. The van der Waals surface area contributed by atoms with Crippen LogP contribution in [0.1, 0.15) is 51.1 Å². The van der Waals surface area contributed by atoms with Crippen LogP contribution in [-0.4, -0.2) is 16.4 Å². The second-order valence-electron chi connectivity index (χ2n) is 4.56. The van der Waals surface area contributed by atoms with Gasteiger partial charge in [0.1, 0.15) is 0 Å². The number of hydrogen-bond donors (Lipinski definition) is 0. The normalized spacial score (nSPS) is 24.4. The lowest BCUT2D eigenvalue weighted by Crippen LogP contribution is -2.18. The summed E-state index contributed by atoms with van der Waals surface area (Å²) in [5, 5.41) is 5.25. The van der Waals surface area contributed by atoms with Gasteiger partial charge in [-0.1, -0.05) is 18.7 Å². The highest BCUT2D eigenvalue weighted by Gasteiger charge is 2.18. The Morgan fingerprint density at radius 3 is 3.42 bits per heavy atom. The molecule has 0 saturated carbocycles. The van der Waals surface area contributed by atoms with E-state index in [0.29, 0.717) is 5.56 Å². The van der Waals surface area contributed by atoms with Crippen LogP contribution in [-0.2, 0) is 4.74 Å². The molecule has 3 nitrogen and oxygen atoms in total. The third-order valence-corrected chi connectivity index (χ3v) is 3.29. The molecule has 98 valence electrons. The summed E-state index contributed by atoms with van der Waals surface area (Å²) >= 11 is 0. The molecule has 19 heavy (non-hydrogen) atoms. The lowest BCUT2D eigenvalue weighted by molar-refractivity contribution is -0.0366. The fourth-order valence-corrected chi connectivity index (χ4v) is 2.38. The molecule has 2 aromatic rings. The van der Waals surface area contributed by atoms with Crippen molar-refractivity contribution in [3.8, 4) is 11.8 Å². The summed E-state index contributed by atoms with van der Waals surface area (Å²) in [6.45, 7) is -2.03. The Labute approximate surface area is 120 Å². The predicted molar refractivity (Wildman–Crippen MR) is 75.7 cm³/mol. The van der Waals surface area contributed by atoms with Gasteiger partial charge in [-0.05, 0) is 37.5 Å². The molecule has 3 rings (SSSR count). The van der Waals surface area contributed by atoms with Crippen LogP contribution in [0.2, 0.25) is 0 Å². The summed E-state index contributed by atoms with van der Waals surface area (Å²) in [5.41, 5.74) is 1.48. The number of fused-ring (bicyclic) bond motifs is 1. The van der Waals surface area contributed by atoms with Gasteiger partial charge in [0.2, 0.25) is 0 Å². The number of ether oxygens (including phenoxy) is 1. The minimum Gasteiger partial charge on any atom is -0.356 e. The molecule has 1 aromatic carbocycles. The SMILES string of the molecule is [2H]C([2H])([2H])C([2H])([2H])C#Cc1ccc2c(cnn2C2CCCCO2)c1. The number of nitrogens with zero attached hydrogens (tertiary/aromatic N) is 2. The van der Waals surface area contributed by atoms with E-state index in [1.165, 1.54) is 0 Å². The molecule has 1 aliphatic rings. The van der Waals surface area contributed by atoms with Gasteiger partial charge >= 0.3 is 0 Å². The van der Waals surface area contributed by atoms with Gasteiger partial charge in [0.15, 0.2) is 6.23 Å². The van der Waals surface area contributed by atoms with Crippen molar-refractivity contribution in [2.45, 2.75) is 38.7 Å². The van der Waals surface area contributed by atoms with Crippen LogP contribution >= 0.6 is 0 Å². The zero-order valence-corrected chi connectivity index (χ0v) is 10.5. The lowest BCUT2D eigenvalue weighted by Gasteiger charge is -2.23. The predicted octanol–water partition coefficient (Wildman–Crippen LogP) is 3.50. The zero-order valence-electron chi connectivity index (χ0n) is 15.5. The summed E-state index contributed by atoms with van der Waals surface area (Å²) in [5.74, 6) is 4.84. The Morgan fingerprint density at radius 1 is 1.58 bits per heavy atom. The number of benzene rings is 1. The molecular formula is C16H18N2O. The largest absolute Gasteiger partial charge is 0.356 e. The molecular weight excluding hydrogens is 236 g/mol. The lowest BCUT2D eigenvalue weighted by atomic mass is 10.1. The van der Waals surface area contributed by atoms with Crippen LogP contribution in [0, 0.1) is 11.8 Å². The van der Waals surface area contributed by atoms with Gasteiger partial charge < -0.3 is 4.74 Å². The van der Waals surface area contributed by atoms with Crippen LogP contribution < -0.4 is 0 Å². The van der Waals surface area contributed by atoms with Crippen molar-refractivity contribution in [1.82, 2.24) is 9.78 Å². The molecule has 2 heterocycles. The summed E-state index contributed by atoms with van der Waals surface area (Å²) in [4.78, 5) is 0. The Hall–Kier alpha value is -1.79. The van der Waals surface area contributed by atoms with Crippen molar-refractivity contribution in [2.24, 2.45) is 0 Å². The number of hydrogen-bond acceptors (Lipinski definition) is 2. The van der Waals surface area contributed by atoms with Crippen LogP contribution in [0.3, 0.4) is 0 Å². The van der Waals surface area contributed by atoms with E-state index < -0.39 is 13.2 Å². The maximum atomic E-state index is 7.53. The molecule has 0 amide bonds. The van der Waals surface area contributed by atoms with E-state index in [0.717, 1.165) is 36.8 Å². The van der Waals surface area contributed by atoms with Crippen LogP contribution in [0.5, 0.6) is 0 Å². The highest BCUT2D eigenvalue weighted by molar-refractivity contribution is 5.80. The smallest absolute Gasteiger partial charge is 0.150 e. The third kappa shape index (κ3) is 2.50. The van der Waals surface area contributed by atoms with E-state index in [4.69, 9.17) is 11.6 Å². The maximum Gasteiger partial charge on any atom is 0.150 e. The van der Waals surface area contributed by atoms with Gasteiger partial charge in [0.25, 0.3) is 0 Å². The first-order valence-electron chi connectivity index (χ1n) is 8.90. The molecule has 1 aromatic heterocycles. The molecule has 0 bridgehead atoms. The van der Waals surface area contributed by atoms with Gasteiger partial charge in [-0.2, -0.15) is 5.10 Å². The van der Waals surface area contributed by atoms with Gasteiger partial charge in [-0.3, -0.25) is 0 Å². The van der Waals surface area contributed by atoms with Crippen LogP contribution in [0.25, 0.3) is 10.9 Å². The first kappa shape index (κ1) is 7.72. The van der Waals surface area contributed by atoms with E-state index in [-0.39, 0.29) is 6.23 Å². The van der Waals surface area contributed by atoms with Crippen molar-refractivity contribution in [3.05, 3.63) is 30.0 Å². The van der Waals surface area contributed by atoms with Crippen molar-refractivity contribution >= 4 is 10.9 Å². The molecule has 3 heteroatoms. The third-order valence-electron chi connectivity index (χ3n) is 3.29. The Morgan fingerprint density at radius 2 is 2.58 bits per heavy atom. The van der Waals surface area contributed by atoms with E-state index in [2.05, 4.69) is 16.9 Å². The van der Waals surface area contributed by atoms with Gasteiger partial charge in [-0.25, -0.2) is 4.68 Å². The van der Waals surface area contributed by atoms with E-state index >= 15 is 0 Å². The molecule has 1 unspecified atom stereocenters. The second-order valence-corrected chi connectivity index (χ2v) is 4.56.